The van der Waals surface area contributed by atoms with Crippen molar-refractivity contribution in [2.24, 2.45) is 5.92 Å². The highest BCUT2D eigenvalue weighted by Crippen LogP contribution is 2.26. The number of hydrogen-bond acceptors (Lipinski definition) is 6. The van der Waals surface area contributed by atoms with Crippen molar-refractivity contribution in [1.29, 1.82) is 0 Å². The van der Waals surface area contributed by atoms with Crippen molar-refractivity contribution in [1.82, 2.24) is 9.88 Å². The molecule has 0 saturated carbocycles. The first-order valence-electron chi connectivity index (χ1n) is 9.87. The molecule has 0 unspecified atom stereocenters. The summed E-state index contributed by atoms with van der Waals surface area (Å²) in [5.74, 6) is 0.930. The summed E-state index contributed by atoms with van der Waals surface area (Å²) in [6.45, 7) is 2.66. The van der Waals surface area contributed by atoms with Crippen LogP contribution in [0.2, 0.25) is 0 Å². The molecule has 1 amide bonds. The van der Waals surface area contributed by atoms with Gasteiger partial charge in [0.15, 0.2) is 5.13 Å². The van der Waals surface area contributed by atoms with E-state index < -0.39 is 0 Å². The van der Waals surface area contributed by atoms with Crippen molar-refractivity contribution < 1.29 is 9.21 Å². The van der Waals surface area contributed by atoms with Crippen LogP contribution in [0.3, 0.4) is 0 Å². The third-order valence-electron chi connectivity index (χ3n) is 5.14. The highest BCUT2D eigenvalue weighted by molar-refractivity contribution is 7.15. The van der Waals surface area contributed by atoms with Gasteiger partial charge in [0.1, 0.15) is 5.76 Å². The summed E-state index contributed by atoms with van der Waals surface area (Å²) in [5.41, 5.74) is 1.82. The normalized spacial score (nSPS) is 17.2. The number of likely N-dealkylation sites (tertiary alicyclic amines) is 1. The number of carbonyl (C=O) groups is 1. The second-order valence-corrected chi connectivity index (χ2v) is 8.72. The van der Waals surface area contributed by atoms with Crippen LogP contribution in [0.4, 0.5) is 10.8 Å². The Balaban J connectivity index is 1.33. The van der Waals surface area contributed by atoms with Gasteiger partial charge in [0.2, 0.25) is 5.91 Å². The van der Waals surface area contributed by atoms with Crippen LogP contribution in [-0.4, -0.2) is 43.0 Å². The quantitative estimate of drug-likeness (QED) is 0.656. The van der Waals surface area contributed by atoms with E-state index in [1.54, 1.807) is 17.6 Å². The summed E-state index contributed by atoms with van der Waals surface area (Å²) >= 11 is 1.71. The summed E-state index contributed by atoms with van der Waals surface area (Å²) in [7, 11) is 4.01. The van der Waals surface area contributed by atoms with E-state index in [0.717, 1.165) is 54.6 Å². The summed E-state index contributed by atoms with van der Waals surface area (Å²) in [5, 5.41) is 4.09. The van der Waals surface area contributed by atoms with Crippen molar-refractivity contribution in [3.05, 3.63) is 53.7 Å². The lowest BCUT2D eigenvalue weighted by atomic mass is 9.97. The molecule has 3 heterocycles. The number of carbonyl (C=O) groups excluding carboxylic acids is 1. The standard InChI is InChI=1S/C22H26N4O2S/c1-25(2)22-23-13-19(29-22)15-26-11-3-5-17(14-26)21(27)24-18-9-7-16(8-10-18)20-6-4-12-28-20/h4,6-10,12-13,17H,3,5,11,14-15H2,1-2H3,(H,24,27)/t17-/m1/s1. The fraction of sp³-hybridized carbons (Fsp3) is 0.364. The third-order valence-corrected chi connectivity index (χ3v) is 6.29. The van der Waals surface area contributed by atoms with Crippen LogP contribution < -0.4 is 10.2 Å². The number of nitrogens with zero attached hydrogens (tertiary/aromatic N) is 3. The van der Waals surface area contributed by atoms with E-state index in [9.17, 15) is 4.79 Å². The Morgan fingerprint density at radius 3 is 2.83 bits per heavy atom. The fourth-order valence-electron chi connectivity index (χ4n) is 3.62. The van der Waals surface area contributed by atoms with Crippen LogP contribution in [-0.2, 0) is 11.3 Å². The molecule has 29 heavy (non-hydrogen) atoms. The van der Waals surface area contributed by atoms with Crippen molar-refractivity contribution in [2.75, 3.05) is 37.4 Å². The molecular formula is C22H26N4O2S. The molecule has 1 N–H and O–H groups in total. The van der Waals surface area contributed by atoms with E-state index in [-0.39, 0.29) is 11.8 Å². The van der Waals surface area contributed by atoms with Gasteiger partial charge in [-0.2, -0.15) is 0 Å². The van der Waals surface area contributed by atoms with Gasteiger partial charge < -0.3 is 14.6 Å². The van der Waals surface area contributed by atoms with Gasteiger partial charge in [-0.25, -0.2) is 4.98 Å². The molecule has 0 bridgehead atoms. The minimum Gasteiger partial charge on any atom is -0.464 e. The lowest BCUT2D eigenvalue weighted by Gasteiger charge is -2.31. The molecule has 1 aromatic carbocycles. The van der Waals surface area contributed by atoms with E-state index in [1.165, 1.54) is 4.88 Å². The zero-order valence-electron chi connectivity index (χ0n) is 16.8. The number of thiazole rings is 1. The molecule has 2 aromatic heterocycles. The Morgan fingerprint density at radius 2 is 2.14 bits per heavy atom. The van der Waals surface area contributed by atoms with Crippen LogP contribution in [0.15, 0.2) is 53.3 Å². The van der Waals surface area contributed by atoms with Crippen LogP contribution in [0.25, 0.3) is 11.3 Å². The second kappa shape index (κ2) is 8.80. The molecule has 7 heteroatoms. The van der Waals surface area contributed by atoms with Crippen LogP contribution in [0, 0.1) is 5.92 Å². The third kappa shape index (κ3) is 4.86. The van der Waals surface area contributed by atoms with Gasteiger partial charge in [-0.05, 0) is 55.8 Å². The fourth-order valence-corrected chi connectivity index (χ4v) is 4.49. The number of hydrogen-bond donors (Lipinski definition) is 1. The zero-order valence-corrected chi connectivity index (χ0v) is 17.6. The minimum absolute atomic E-state index is 0.00902. The zero-order chi connectivity index (χ0) is 20.2. The highest BCUT2D eigenvalue weighted by atomic mass is 32.1. The number of amides is 1. The predicted octanol–water partition coefficient (Wildman–Crippen LogP) is 4.32. The molecular weight excluding hydrogens is 384 g/mol. The first kappa shape index (κ1) is 19.7. The second-order valence-electron chi connectivity index (χ2n) is 7.62. The molecule has 1 atom stereocenters. The molecule has 0 aliphatic carbocycles. The number of nitrogens with one attached hydrogen (secondary N) is 1. The van der Waals surface area contributed by atoms with Crippen molar-refractivity contribution >= 4 is 28.1 Å². The summed E-state index contributed by atoms with van der Waals surface area (Å²) < 4.78 is 5.41. The summed E-state index contributed by atoms with van der Waals surface area (Å²) in [6, 6.07) is 11.6. The average molecular weight is 411 g/mol. The van der Waals surface area contributed by atoms with E-state index in [0.29, 0.717) is 0 Å². The molecule has 0 radical (unpaired) electrons. The van der Waals surface area contributed by atoms with Gasteiger partial charge in [-0.1, -0.05) is 0 Å². The van der Waals surface area contributed by atoms with Gasteiger partial charge in [0, 0.05) is 49.5 Å². The number of aromatic nitrogens is 1. The minimum atomic E-state index is 0.00902. The first-order chi connectivity index (χ1) is 14.1. The number of furan rings is 1. The number of anilines is 2. The predicted molar refractivity (Wildman–Crippen MR) is 117 cm³/mol. The Bertz CT molecular complexity index is 934. The van der Waals surface area contributed by atoms with Gasteiger partial charge >= 0.3 is 0 Å². The Kier molecular flexibility index (Phi) is 5.97. The number of benzene rings is 1. The first-order valence-corrected chi connectivity index (χ1v) is 10.7. The lowest BCUT2D eigenvalue weighted by molar-refractivity contribution is -0.121. The lowest BCUT2D eigenvalue weighted by Crippen LogP contribution is -2.40. The van der Waals surface area contributed by atoms with Crippen molar-refractivity contribution in [2.45, 2.75) is 19.4 Å². The van der Waals surface area contributed by atoms with Gasteiger partial charge in [-0.15, -0.1) is 11.3 Å². The Morgan fingerprint density at radius 1 is 1.31 bits per heavy atom. The summed E-state index contributed by atoms with van der Waals surface area (Å²) in [6.07, 6.45) is 5.57. The number of rotatable bonds is 6. The summed E-state index contributed by atoms with van der Waals surface area (Å²) in [4.78, 5) is 22.9. The van der Waals surface area contributed by atoms with E-state index >= 15 is 0 Å². The van der Waals surface area contributed by atoms with Crippen LogP contribution in [0.1, 0.15) is 17.7 Å². The molecule has 1 aliphatic rings. The molecule has 6 nitrogen and oxygen atoms in total. The SMILES string of the molecule is CN(C)c1ncc(CN2CCC[C@@H](C(=O)Nc3ccc(-c4ccco4)cc3)C2)s1. The Hall–Kier alpha value is -2.64. The van der Waals surface area contributed by atoms with E-state index in [4.69, 9.17) is 4.42 Å². The molecule has 1 aliphatic heterocycles. The van der Waals surface area contributed by atoms with Gasteiger partial charge in [-0.3, -0.25) is 9.69 Å². The van der Waals surface area contributed by atoms with Gasteiger partial charge in [0.25, 0.3) is 0 Å². The molecule has 3 aromatic rings. The molecule has 4 rings (SSSR count). The largest absolute Gasteiger partial charge is 0.464 e. The van der Waals surface area contributed by atoms with E-state index in [2.05, 4.69) is 15.2 Å². The topological polar surface area (TPSA) is 61.6 Å². The van der Waals surface area contributed by atoms with Crippen LogP contribution in [0.5, 0.6) is 0 Å². The molecule has 1 saturated heterocycles. The average Bonchev–Trinajstić information content (AvgIpc) is 3.41. The Labute approximate surface area is 175 Å². The molecule has 1 fully saturated rings. The van der Waals surface area contributed by atoms with Crippen molar-refractivity contribution in [3.8, 4) is 11.3 Å². The number of piperidine rings is 1. The van der Waals surface area contributed by atoms with E-state index in [1.807, 2.05) is 61.6 Å². The monoisotopic (exact) mass is 410 g/mol. The maximum atomic E-state index is 12.8. The molecule has 0 spiro atoms. The maximum Gasteiger partial charge on any atom is 0.228 e. The van der Waals surface area contributed by atoms with Gasteiger partial charge in [0.05, 0.1) is 12.2 Å². The van der Waals surface area contributed by atoms with Crippen LogP contribution >= 0.6 is 11.3 Å². The smallest absolute Gasteiger partial charge is 0.228 e. The molecule has 152 valence electrons. The van der Waals surface area contributed by atoms with Crippen molar-refractivity contribution in [3.63, 3.8) is 0 Å². The highest BCUT2D eigenvalue weighted by Gasteiger charge is 2.26. The maximum absolute atomic E-state index is 12.8.